The van der Waals surface area contributed by atoms with Crippen molar-refractivity contribution >= 4 is 10.0 Å². The topological polar surface area (TPSA) is 55.8 Å². The molecule has 22 heavy (non-hydrogen) atoms. The standard InChI is InChI=1S/C16H23NO4S/c1-2-10-17(14-15-7-4-3-5-8-15)22(18,19)13-9-16-20-11-6-12-21-16/h2-5,7-8,10,16H,6,9,11-14H2,1H3/b10-2+. The lowest BCUT2D eigenvalue weighted by Gasteiger charge is -2.25. The summed E-state index contributed by atoms with van der Waals surface area (Å²) in [6.07, 6.45) is 4.14. The average molecular weight is 325 g/mol. The Morgan fingerprint density at radius 3 is 2.55 bits per heavy atom. The molecule has 6 heteroatoms. The van der Waals surface area contributed by atoms with Crippen LogP contribution in [-0.4, -0.2) is 38.0 Å². The molecule has 0 aliphatic carbocycles. The zero-order valence-corrected chi connectivity index (χ0v) is 13.7. The van der Waals surface area contributed by atoms with E-state index in [0.717, 1.165) is 12.0 Å². The molecule has 0 saturated carbocycles. The van der Waals surface area contributed by atoms with Crippen molar-refractivity contribution in [1.82, 2.24) is 4.31 Å². The molecular weight excluding hydrogens is 302 g/mol. The van der Waals surface area contributed by atoms with Crippen molar-refractivity contribution in [2.24, 2.45) is 0 Å². The number of rotatable bonds is 7. The molecule has 1 aromatic carbocycles. The van der Waals surface area contributed by atoms with Crippen molar-refractivity contribution in [3.8, 4) is 0 Å². The van der Waals surface area contributed by atoms with Gasteiger partial charge in [0.15, 0.2) is 6.29 Å². The van der Waals surface area contributed by atoms with Crippen molar-refractivity contribution < 1.29 is 17.9 Å². The highest BCUT2D eigenvalue weighted by Crippen LogP contribution is 2.15. The lowest BCUT2D eigenvalue weighted by atomic mass is 10.2. The summed E-state index contributed by atoms with van der Waals surface area (Å²) >= 11 is 0. The molecule has 1 aliphatic rings. The largest absolute Gasteiger partial charge is 0.353 e. The number of ether oxygens (including phenoxy) is 2. The maximum Gasteiger partial charge on any atom is 0.235 e. The predicted molar refractivity (Wildman–Crippen MR) is 85.5 cm³/mol. The Morgan fingerprint density at radius 1 is 1.23 bits per heavy atom. The molecule has 1 saturated heterocycles. The van der Waals surface area contributed by atoms with Gasteiger partial charge in [-0.25, -0.2) is 8.42 Å². The molecular formula is C16H23NO4S. The van der Waals surface area contributed by atoms with Gasteiger partial charge in [0.2, 0.25) is 10.0 Å². The molecule has 0 spiro atoms. The highest BCUT2D eigenvalue weighted by atomic mass is 32.2. The number of nitrogens with zero attached hydrogens (tertiary/aromatic N) is 1. The Morgan fingerprint density at radius 2 is 1.91 bits per heavy atom. The summed E-state index contributed by atoms with van der Waals surface area (Å²) < 4.78 is 37.3. The number of hydrogen-bond acceptors (Lipinski definition) is 4. The van der Waals surface area contributed by atoms with Gasteiger partial charge in [-0.05, 0) is 18.9 Å². The second kappa shape index (κ2) is 8.31. The van der Waals surface area contributed by atoms with E-state index < -0.39 is 16.3 Å². The molecule has 0 aromatic heterocycles. The molecule has 1 fully saturated rings. The van der Waals surface area contributed by atoms with Crippen LogP contribution in [0.1, 0.15) is 25.3 Å². The molecule has 0 unspecified atom stereocenters. The molecule has 1 aromatic rings. The molecule has 2 rings (SSSR count). The van der Waals surface area contributed by atoms with Crippen LogP contribution in [0.25, 0.3) is 0 Å². The van der Waals surface area contributed by atoms with E-state index in [2.05, 4.69) is 0 Å². The minimum atomic E-state index is -3.40. The first-order valence-electron chi connectivity index (χ1n) is 7.51. The Hall–Kier alpha value is -1.37. The third kappa shape index (κ3) is 5.12. The Kier molecular flexibility index (Phi) is 6.42. The Labute approximate surface area is 132 Å². The van der Waals surface area contributed by atoms with Crippen LogP contribution in [0.4, 0.5) is 0 Å². The fourth-order valence-corrected chi connectivity index (χ4v) is 3.62. The van der Waals surface area contributed by atoms with Crippen LogP contribution in [-0.2, 0) is 26.0 Å². The maximum absolute atomic E-state index is 12.5. The zero-order valence-electron chi connectivity index (χ0n) is 12.8. The van der Waals surface area contributed by atoms with Gasteiger partial charge in [0, 0.05) is 12.6 Å². The van der Waals surface area contributed by atoms with E-state index in [4.69, 9.17) is 9.47 Å². The molecule has 0 N–H and O–H groups in total. The van der Waals surface area contributed by atoms with Gasteiger partial charge in [0.05, 0.1) is 25.5 Å². The summed E-state index contributed by atoms with van der Waals surface area (Å²) in [6.45, 7) is 3.40. The van der Waals surface area contributed by atoms with Crippen molar-refractivity contribution in [2.45, 2.75) is 32.6 Å². The third-order valence-electron chi connectivity index (χ3n) is 3.36. The van der Waals surface area contributed by atoms with Gasteiger partial charge < -0.3 is 9.47 Å². The van der Waals surface area contributed by atoms with Crippen molar-refractivity contribution in [1.29, 1.82) is 0 Å². The SMILES string of the molecule is C/C=C/N(Cc1ccccc1)S(=O)(=O)CCC1OCCCO1. The highest BCUT2D eigenvalue weighted by Gasteiger charge is 2.23. The van der Waals surface area contributed by atoms with Crippen LogP contribution in [0.2, 0.25) is 0 Å². The summed E-state index contributed by atoms with van der Waals surface area (Å²) in [7, 11) is -3.40. The number of hydrogen-bond donors (Lipinski definition) is 0. The van der Waals surface area contributed by atoms with Crippen LogP contribution in [0.5, 0.6) is 0 Å². The normalized spacial score (nSPS) is 17.0. The smallest absolute Gasteiger partial charge is 0.235 e. The van der Waals surface area contributed by atoms with Crippen molar-refractivity contribution in [3.63, 3.8) is 0 Å². The van der Waals surface area contributed by atoms with Gasteiger partial charge in [0.1, 0.15) is 0 Å². The van der Waals surface area contributed by atoms with Gasteiger partial charge in [-0.3, -0.25) is 4.31 Å². The van der Waals surface area contributed by atoms with E-state index in [1.165, 1.54) is 4.31 Å². The Bertz CT molecular complexity index is 565. The van der Waals surface area contributed by atoms with Crippen molar-refractivity contribution in [2.75, 3.05) is 19.0 Å². The molecule has 5 nitrogen and oxygen atoms in total. The lowest BCUT2D eigenvalue weighted by molar-refractivity contribution is -0.178. The first-order valence-corrected chi connectivity index (χ1v) is 9.12. The third-order valence-corrected chi connectivity index (χ3v) is 5.08. The summed E-state index contributed by atoms with van der Waals surface area (Å²) in [5.41, 5.74) is 0.953. The summed E-state index contributed by atoms with van der Waals surface area (Å²) in [4.78, 5) is 0. The minimum absolute atomic E-state index is 0.00877. The number of benzene rings is 1. The van der Waals surface area contributed by atoms with E-state index in [9.17, 15) is 8.42 Å². The first kappa shape index (κ1) is 17.0. The predicted octanol–water partition coefficient (Wildman–Crippen LogP) is 2.51. The molecule has 1 aliphatic heterocycles. The van der Waals surface area contributed by atoms with E-state index in [0.29, 0.717) is 26.2 Å². The van der Waals surface area contributed by atoms with Gasteiger partial charge in [-0.2, -0.15) is 0 Å². The maximum atomic E-state index is 12.5. The van der Waals surface area contributed by atoms with Gasteiger partial charge in [0.25, 0.3) is 0 Å². The lowest BCUT2D eigenvalue weighted by Crippen LogP contribution is -2.32. The fourth-order valence-electron chi connectivity index (χ4n) is 2.24. The Balaban J connectivity index is 1.99. The first-order chi connectivity index (χ1) is 10.6. The van der Waals surface area contributed by atoms with Crippen LogP contribution < -0.4 is 0 Å². The average Bonchev–Trinajstić information content (AvgIpc) is 2.55. The summed E-state index contributed by atoms with van der Waals surface area (Å²) in [6, 6.07) is 9.55. The van der Waals surface area contributed by atoms with Crippen LogP contribution >= 0.6 is 0 Å². The summed E-state index contributed by atoms with van der Waals surface area (Å²) in [5, 5.41) is 0. The molecule has 1 heterocycles. The quantitative estimate of drug-likeness (QED) is 0.773. The van der Waals surface area contributed by atoms with E-state index in [1.807, 2.05) is 30.3 Å². The molecule has 0 bridgehead atoms. The second-order valence-electron chi connectivity index (χ2n) is 5.14. The van der Waals surface area contributed by atoms with E-state index >= 15 is 0 Å². The van der Waals surface area contributed by atoms with Crippen LogP contribution in [0.15, 0.2) is 42.6 Å². The minimum Gasteiger partial charge on any atom is -0.353 e. The van der Waals surface area contributed by atoms with E-state index in [-0.39, 0.29) is 5.75 Å². The van der Waals surface area contributed by atoms with Crippen molar-refractivity contribution in [3.05, 3.63) is 48.2 Å². The van der Waals surface area contributed by atoms with Gasteiger partial charge in [-0.15, -0.1) is 0 Å². The van der Waals surface area contributed by atoms with Gasteiger partial charge in [-0.1, -0.05) is 36.4 Å². The molecule has 0 atom stereocenters. The molecule has 0 radical (unpaired) electrons. The van der Waals surface area contributed by atoms with E-state index in [1.54, 1.807) is 19.2 Å². The molecule has 122 valence electrons. The molecule has 0 amide bonds. The van der Waals surface area contributed by atoms with Gasteiger partial charge >= 0.3 is 0 Å². The monoisotopic (exact) mass is 325 g/mol. The second-order valence-corrected chi connectivity index (χ2v) is 7.18. The highest BCUT2D eigenvalue weighted by molar-refractivity contribution is 7.89. The van der Waals surface area contributed by atoms with Crippen LogP contribution in [0.3, 0.4) is 0 Å². The number of sulfonamides is 1. The fraction of sp³-hybridized carbons (Fsp3) is 0.500. The zero-order chi connectivity index (χ0) is 15.8. The number of allylic oxidation sites excluding steroid dienone is 1. The van der Waals surface area contributed by atoms with Crippen LogP contribution in [0, 0.1) is 0 Å². The summed E-state index contributed by atoms with van der Waals surface area (Å²) in [5.74, 6) is 0.00877.